The summed E-state index contributed by atoms with van der Waals surface area (Å²) in [6.07, 6.45) is 3.31. The molecule has 1 N–H and O–H groups in total. The standard InChI is InChI=1S/C24H29N5O2S/c1-16-17(2)32-24-21(16)22(25-15-26-24)29-9-7-18(8-10-29)23(30)27-19-3-5-20(6-4-19)28-11-13-31-14-12-28/h3-6,15,18H,7-14H2,1-2H3,(H,27,30). The number of thiophene rings is 1. The lowest BCUT2D eigenvalue weighted by Gasteiger charge is -2.32. The maximum absolute atomic E-state index is 12.9. The van der Waals surface area contributed by atoms with Crippen LogP contribution in [0.5, 0.6) is 0 Å². The molecular weight excluding hydrogens is 422 g/mol. The Morgan fingerprint density at radius 1 is 1.03 bits per heavy atom. The molecule has 4 heterocycles. The van der Waals surface area contributed by atoms with Gasteiger partial charge in [0.1, 0.15) is 17.0 Å². The summed E-state index contributed by atoms with van der Waals surface area (Å²) < 4.78 is 5.42. The van der Waals surface area contributed by atoms with Crippen molar-refractivity contribution >= 4 is 44.7 Å². The summed E-state index contributed by atoms with van der Waals surface area (Å²) >= 11 is 1.72. The summed E-state index contributed by atoms with van der Waals surface area (Å²) in [6, 6.07) is 8.15. The van der Waals surface area contributed by atoms with Gasteiger partial charge in [0, 0.05) is 48.3 Å². The Morgan fingerprint density at radius 3 is 2.47 bits per heavy atom. The third-order valence-electron chi connectivity index (χ3n) is 6.62. The third kappa shape index (κ3) is 4.17. The second kappa shape index (κ2) is 9.03. The van der Waals surface area contributed by atoms with Gasteiger partial charge < -0.3 is 19.9 Å². The lowest BCUT2D eigenvalue weighted by Crippen LogP contribution is -2.38. The predicted octanol–water partition coefficient (Wildman–Crippen LogP) is 4.00. The first-order valence-electron chi connectivity index (χ1n) is 11.3. The highest BCUT2D eigenvalue weighted by Gasteiger charge is 2.27. The molecule has 0 atom stereocenters. The first-order valence-corrected chi connectivity index (χ1v) is 12.1. The molecule has 7 nitrogen and oxygen atoms in total. The molecule has 0 saturated carbocycles. The van der Waals surface area contributed by atoms with E-state index in [1.807, 2.05) is 12.1 Å². The number of amides is 1. The summed E-state index contributed by atoms with van der Waals surface area (Å²) in [5.41, 5.74) is 3.30. The quantitative estimate of drug-likeness (QED) is 0.647. The molecule has 5 rings (SSSR count). The number of benzene rings is 1. The number of nitrogens with zero attached hydrogens (tertiary/aromatic N) is 4. The lowest BCUT2D eigenvalue weighted by molar-refractivity contribution is -0.120. The Bertz CT molecular complexity index is 1100. The van der Waals surface area contributed by atoms with Gasteiger partial charge in [-0.2, -0.15) is 0 Å². The smallest absolute Gasteiger partial charge is 0.227 e. The Morgan fingerprint density at radius 2 is 1.75 bits per heavy atom. The van der Waals surface area contributed by atoms with Gasteiger partial charge in [-0.05, 0) is 56.5 Å². The van der Waals surface area contributed by atoms with Crippen molar-refractivity contribution in [1.82, 2.24) is 9.97 Å². The van der Waals surface area contributed by atoms with E-state index in [1.54, 1.807) is 17.7 Å². The molecule has 0 aliphatic carbocycles. The van der Waals surface area contributed by atoms with Crippen molar-refractivity contribution in [3.05, 3.63) is 41.0 Å². The number of aryl methyl sites for hydroxylation is 2. The van der Waals surface area contributed by atoms with Crippen LogP contribution in [0.3, 0.4) is 0 Å². The zero-order valence-electron chi connectivity index (χ0n) is 18.6. The molecule has 1 amide bonds. The largest absolute Gasteiger partial charge is 0.378 e. The van der Waals surface area contributed by atoms with E-state index in [-0.39, 0.29) is 11.8 Å². The summed E-state index contributed by atoms with van der Waals surface area (Å²) in [7, 11) is 0. The average Bonchev–Trinajstić information content (AvgIpc) is 3.14. The number of carbonyl (C=O) groups is 1. The van der Waals surface area contributed by atoms with Crippen molar-refractivity contribution < 1.29 is 9.53 Å². The van der Waals surface area contributed by atoms with Crippen molar-refractivity contribution in [2.24, 2.45) is 5.92 Å². The molecule has 3 aromatic rings. The number of carbonyl (C=O) groups excluding carboxylic acids is 1. The minimum absolute atomic E-state index is 0.0211. The van der Waals surface area contributed by atoms with Crippen LogP contribution in [0.1, 0.15) is 23.3 Å². The minimum Gasteiger partial charge on any atom is -0.378 e. The van der Waals surface area contributed by atoms with Gasteiger partial charge in [0.05, 0.1) is 18.6 Å². The zero-order valence-corrected chi connectivity index (χ0v) is 19.5. The van der Waals surface area contributed by atoms with Gasteiger partial charge in [-0.15, -0.1) is 11.3 Å². The van der Waals surface area contributed by atoms with Gasteiger partial charge >= 0.3 is 0 Å². The molecule has 2 saturated heterocycles. The monoisotopic (exact) mass is 451 g/mol. The van der Waals surface area contributed by atoms with Gasteiger partial charge in [-0.1, -0.05) is 0 Å². The van der Waals surface area contributed by atoms with Crippen molar-refractivity contribution in [2.45, 2.75) is 26.7 Å². The highest BCUT2D eigenvalue weighted by Crippen LogP contribution is 2.35. The topological polar surface area (TPSA) is 70.6 Å². The van der Waals surface area contributed by atoms with Gasteiger partial charge in [-0.25, -0.2) is 9.97 Å². The second-order valence-corrected chi connectivity index (χ2v) is 9.76. The molecule has 2 fully saturated rings. The lowest BCUT2D eigenvalue weighted by atomic mass is 9.95. The maximum atomic E-state index is 12.9. The third-order valence-corrected chi connectivity index (χ3v) is 7.74. The molecule has 0 radical (unpaired) electrons. The minimum atomic E-state index is 0.0211. The van der Waals surface area contributed by atoms with Crippen LogP contribution < -0.4 is 15.1 Å². The number of rotatable bonds is 4. The number of morpholine rings is 1. The van der Waals surface area contributed by atoms with Gasteiger partial charge in [-0.3, -0.25) is 4.79 Å². The number of hydrogen-bond donors (Lipinski definition) is 1. The summed E-state index contributed by atoms with van der Waals surface area (Å²) in [5.74, 6) is 1.14. The molecular formula is C24H29N5O2S. The second-order valence-electron chi connectivity index (χ2n) is 8.56. The highest BCUT2D eigenvalue weighted by molar-refractivity contribution is 7.18. The Hall–Kier alpha value is -2.71. The van der Waals surface area contributed by atoms with E-state index >= 15 is 0 Å². The molecule has 2 aromatic heterocycles. The van der Waals surface area contributed by atoms with Crippen molar-refractivity contribution in [2.75, 3.05) is 54.5 Å². The van der Waals surface area contributed by atoms with E-state index in [9.17, 15) is 4.79 Å². The molecule has 8 heteroatoms. The molecule has 0 spiro atoms. The van der Waals surface area contributed by atoms with Crippen LogP contribution in [0, 0.1) is 19.8 Å². The Balaban J connectivity index is 1.20. The van der Waals surface area contributed by atoms with Crippen LogP contribution in [-0.4, -0.2) is 55.3 Å². The van der Waals surface area contributed by atoms with Crippen LogP contribution in [0.4, 0.5) is 17.2 Å². The fraction of sp³-hybridized carbons (Fsp3) is 0.458. The molecule has 168 valence electrons. The van der Waals surface area contributed by atoms with E-state index < -0.39 is 0 Å². The van der Waals surface area contributed by atoms with E-state index in [0.717, 1.165) is 68.6 Å². The zero-order chi connectivity index (χ0) is 22.1. The van der Waals surface area contributed by atoms with Crippen LogP contribution >= 0.6 is 11.3 Å². The van der Waals surface area contributed by atoms with Gasteiger partial charge in [0.2, 0.25) is 5.91 Å². The number of nitrogens with one attached hydrogen (secondary N) is 1. The average molecular weight is 452 g/mol. The van der Waals surface area contributed by atoms with Crippen molar-refractivity contribution in [3.63, 3.8) is 0 Å². The van der Waals surface area contributed by atoms with Gasteiger partial charge in [0.15, 0.2) is 0 Å². The first-order chi connectivity index (χ1) is 15.6. The van der Waals surface area contributed by atoms with Crippen LogP contribution in [0.2, 0.25) is 0 Å². The highest BCUT2D eigenvalue weighted by atomic mass is 32.1. The number of piperidine rings is 1. The van der Waals surface area contributed by atoms with Crippen LogP contribution in [0.15, 0.2) is 30.6 Å². The normalized spacial score (nSPS) is 17.7. The number of ether oxygens (including phenoxy) is 1. The summed E-state index contributed by atoms with van der Waals surface area (Å²) in [6.45, 7) is 9.29. The van der Waals surface area contributed by atoms with E-state index in [1.165, 1.54) is 21.5 Å². The molecule has 2 aliphatic rings. The molecule has 0 unspecified atom stereocenters. The fourth-order valence-corrected chi connectivity index (χ4v) is 5.57. The molecule has 1 aromatic carbocycles. The first kappa shape index (κ1) is 21.2. The molecule has 0 bridgehead atoms. The molecule has 32 heavy (non-hydrogen) atoms. The number of anilines is 3. The van der Waals surface area contributed by atoms with Crippen LogP contribution in [0.25, 0.3) is 10.2 Å². The van der Waals surface area contributed by atoms with E-state index in [2.05, 4.69) is 51.1 Å². The van der Waals surface area contributed by atoms with Crippen LogP contribution in [-0.2, 0) is 9.53 Å². The van der Waals surface area contributed by atoms with Crippen molar-refractivity contribution in [3.8, 4) is 0 Å². The summed E-state index contributed by atoms with van der Waals surface area (Å²) in [5, 5.41) is 4.28. The summed E-state index contributed by atoms with van der Waals surface area (Å²) in [4.78, 5) is 28.9. The maximum Gasteiger partial charge on any atom is 0.227 e. The molecule has 2 aliphatic heterocycles. The van der Waals surface area contributed by atoms with Gasteiger partial charge in [0.25, 0.3) is 0 Å². The number of fused-ring (bicyclic) bond motifs is 1. The Kier molecular flexibility index (Phi) is 5.97. The Labute approximate surface area is 192 Å². The van der Waals surface area contributed by atoms with E-state index in [0.29, 0.717) is 0 Å². The fourth-order valence-electron chi connectivity index (χ4n) is 4.58. The number of hydrogen-bond acceptors (Lipinski definition) is 7. The predicted molar refractivity (Wildman–Crippen MR) is 130 cm³/mol. The van der Waals surface area contributed by atoms with E-state index in [4.69, 9.17) is 4.74 Å². The van der Waals surface area contributed by atoms with Crippen molar-refractivity contribution in [1.29, 1.82) is 0 Å². The SMILES string of the molecule is Cc1sc2ncnc(N3CCC(C(=O)Nc4ccc(N5CCOCC5)cc4)CC3)c2c1C. The number of aromatic nitrogens is 2.